The number of ether oxygens (including phenoxy) is 1. The van der Waals surface area contributed by atoms with Crippen LogP contribution in [0.15, 0.2) is 17.3 Å². The first kappa shape index (κ1) is 18.9. The third kappa shape index (κ3) is 3.94. The minimum atomic E-state index is 0.142. The van der Waals surface area contributed by atoms with Gasteiger partial charge in [-0.25, -0.2) is 0 Å². The molecule has 1 aromatic heterocycles. The molecular formula is C19H26N4O2S. The fourth-order valence-corrected chi connectivity index (χ4v) is 4.35. The lowest BCUT2D eigenvalue weighted by Crippen LogP contribution is -2.38. The van der Waals surface area contributed by atoms with Crippen LogP contribution in [0.4, 0.5) is 5.95 Å². The monoisotopic (exact) mass is 374 g/mol. The van der Waals surface area contributed by atoms with Gasteiger partial charge in [0, 0.05) is 25.2 Å². The van der Waals surface area contributed by atoms with Gasteiger partial charge >= 0.3 is 0 Å². The number of anilines is 1. The summed E-state index contributed by atoms with van der Waals surface area (Å²) in [5.41, 5.74) is 4.10. The number of thioether (sulfide) groups is 1. The summed E-state index contributed by atoms with van der Waals surface area (Å²) in [4.78, 5) is 15.0. The molecule has 0 spiro atoms. The fraction of sp³-hybridized carbons (Fsp3) is 0.526. The number of rotatable bonds is 6. The van der Waals surface area contributed by atoms with Crippen LogP contribution in [-0.2, 0) is 11.3 Å². The lowest BCUT2D eigenvalue weighted by Gasteiger charge is -2.27. The highest BCUT2D eigenvalue weighted by Crippen LogP contribution is 2.25. The van der Waals surface area contributed by atoms with Gasteiger partial charge in [-0.15, -0.1) is 10.2 Å². The summed E-state index contributed by atoms with van der Waals surface area (Å²) in [6.07, 6.45) is 0. The van der Waals surface area contributed by atoms with Crippen LogP contribution >= 0.6 is 11.8 Å². The van der Waals surface area contributed by atoms with Crippen molar-refractivity contribution >= 4 is 23.5 Å². The summed E-state index contributed by atoms with van der Waals surface area (Å²) < 4.78 is 7.49. The van der Waals surface area contributed by atoms with Crippen LogP contribution in [-0.4, -0.2) is 52.6 Å². The van der Waals surface area contributed by atoms with Crippen molar-refractivity contribution in [3.8, 4) is 0 Å². The minimum Gasteiger partial charge on any atom is -0.378 e. The highest BCUT2D eigenvalue weighted by atomic mass is 32.2. The van der Waals surface area contributed by atoms with E-state index in [4.69, 9.17) is 4.74 Å². The molecule has 0 N–H and O–H groups in total. The van der Waals surface area contributed by atoms with E-state index in [1.165, 1.54) is 17.3 Å². The highest BCUT2D eigenvalue weighted by Gasteiger charge is 2.21. The molecule has 0 unspecified atom stereocenters. The van der Waals surface area contributed by atoms with Crippen LogP contribution in [0.1, 0.15) is 34.0 Å². The number of carbonyl (C=O) groups excluding carboxylic acids is 1. The first-order valence-corrected chi connectivity index (χ1v) is 9.99. The number of benzene rings is 1. The summed E-state index contributed by atoms with van der Waals surface area (Å²) in [7, 11) is 0. The molecule has 0 aliphatic carbocycles. The van der Waals surface area contributed by atoms with E-state index < -0.39 is 0 Å². The van der Waals surface area contributed by atoms with Crippen LogP contribution in [0.25, 0.3) is 0 Å². The second-order valence-corrected chi connectivity index (χ2v) is 7.55. The Morgan fingerprint density at radius 1 is 1.15 bits per heavy atom. The minimum absolute atomic E-state index is 0.142. The molecule has 1 fully saturated rings. The quantitative estimate of drug-likeness (QED) is 0.572. The second kappa shape index (κ2) is 8.22. The van der Waals surface area contributed by atoms with Crippen LogP contribution in [0.5, 0.6) is 0 Å². The predicted octanol–water partition coefficient (Wildman–Crippen LogP) is 3.03. The Balaban J connectivity index is 1.74. The normalized spacial score (nSPS) is 14.7. The van der Waals surface area contributed by atoms with E-state index in [1.807, 2.05) is 13.8 Å². The van der Waals surface area contributed by atoms with Gasteiger partial charge in [0.2, 0.25) is 5.95 Å². The summed E-state index contributed by atoms with van der Waals surface area (Å²) in [6.45, 7) is 12.0. The number of carbonyl (C=O) groups is 1. The molecule has 0 amide bonds. The zero-order valence-corrected chi connectivity index (χ0v) is 16.7. The molecule has 3 rings (SSSR count). The van der Waals surface area contributed by atoms with Gasteiger partial charge in [-0.3, -0.25) is 9.36 Å². The molecule has 0 radical (unpaired) electrons. The van der Waals surface area contributed by atoms with Crippen molar-refractivity contribution in [2.24, 2.45) is 0 Å². The maximum Gasteiger partial charge on any atom is 0.228 e. The number of aryl methyl sites for hydroxylation is 3. The highest BCUT2D eigenvalue weighted by molar-refractivity contribution is 7.99. The Kier molecular flexibility index (Phi) is 5.98. The predicted molar refractivity (Wildman–Crippen MR) is 104 cm³/mol. The van der Waals surface area contributed by atoms with Crippen molar-refractivity contribution < 1.29 is 9.53 Å². The molecule has 26 heavy (non-hydrogen) atoms. The lowest BCUT2D eigenvalue weighted by atomic mass is 9.97. The first-order valence-electron chi connectivity index (χ1n) is 9.01. The first-order chi connectivity index (χ1) is 12.5. The molecule has 7 heteroatoms. The van der Waals surface area contributed by atoms with Gasteiger partial charge in [0.1, 0.15) is 0 Å². The molecule has 0 bridgehead atoms. The lowest BCUT2D eigenvalue weighted by molar-refractivity contribution is 0.102. The average molecular weight is 375 g/mol. The van der Waals surface area contributed by atoms with Gasteiger partial charge in [0.25, 0.3) is 0 Å². The number of hydrogen-bond donors (Lipinski definition) is 0. The van der Waals surface area contributed by atoms with Gasteiger partial charge in [-0.05, 0) is 38.8 Å². The molecule has 1 aliphatic heterocycles. The Morgan fingerprint density at radius 2 is 1.81 bits per heavy atom. The number of Topliss-reactive ketones (excluding diaryl/α,β-unsaturated/α-hetero) is 1. The Hall–Kier alpha value is -1.86. The van der Waals surface area contributed by atoms with Crippen molar-refractivity contribution in [3.63, 3.8) is 0 Å². The summed E-state index contributed by atoms with van der Waals surface area (Å²) in [5, 5.41) is 9.48. The van der Waals surface area contributed by atoms with Gasteiger partial charge < -0.3 is 9.64 Å². The van der Waals surface area contributed by atoms with Crippen LogP contribution in [0, 0.1) is 20.8 Å². The fourth-order valence-electron chi connectivity index (χ4n) is 3.48. The third-order valence-corrected chi connectivity index (χ3v) is 5.56. The number of ketones is 1. The van der Waals surface area contributed by atoms with E-state index in [1.54, 1.807) is 0 Å². The van der Waals surface area contributed by atoms with E-state index in [0.29, 0.717) is 19.0 Å². The standard InChI is InChI=1S/C19H26N4O2S/c1-5-23-18(22-6-8-25-9-7-22)20-21-19(23)26-12-16(24)17-14(3)10-13(2)11-15(17)4/h10-11H,5-9,12H2,1-4H3. The molecular weight excluding hydrogens is 348 g/mol. The molecule has 0 atom stereocenters. The van der Waals surface area contributed by atoms with E-state index >= 15 is 0 Å². The smallest absolute Gasteiger partial charge is 0.228 e. The number of hydrogen-bond acceptors (Lipinski definition) is 6. The number of nitrogens with zero attached hydrogens (tertiary/aromatic N) is 4. The topological polar surface area (TPSA) is 60.2 Å². The van der Waals surface area contributed by atoms with E-state index in [-0.39, 0.29) is 5.78 Å². The zero-order chi connectivity index (χ0) is 18.7. The largest absolute Gasteiger partial charge is 0.378 e. The molecule has 6 nitrogen and oxygen atoms in total. The molecule has 1 saturated heterocycles. The molecule has 2 heterocycles. The van der Waals surface area contributed by atoms with Crippen LogP contribution in [0.3, 0.4) is 0 Å². The van der Waals surface area contributed by atoms with Crippen molar-refractivity contribution in [1.82, 2.24) is 14.8 Å². The number of morpholine rings is 1. The van der Waals surface area contributed by atoms with Crippen LogP contribution in [0.2, 0.25) is 0 Å². The third-order valence-electron chi connectivity index (χ3n) is 4.60. The molecule has 140 valence electrons. The van der Waals surface area contributed by atoms with Crippen molar-refractivity contribution in [3.05, 3.63) is 34.4 Å². The summed E-state index contributed by atoms with van der Waals surface area (Å²) >= 11 is 1.46. The van der Waals surface area contributed by atoms with Crippen molar-refractivity contribution in [2.45, 2.75) is 39.4 Å². The Bertz CT molecular complexity index is 774. The Labute approximate surface area is 158 Å². The molecule has 1 aromatic carbocycles. The maximum absolute atomic E-state index is 12.8. The van der Waals surface area contributed by atoms with Crippen molar-refractivity contribution in [2.75, 3.05) is 37.0 Å². The molecule has 1 aliphatic rings. The van der Waals surface area contributed by atoms with Gasteiger partial charge in [-0.1, -0.05) is 29.5 Å². The summed E-state index contributed by atoms with van der Waals surface area (Å²) in [6, 6.07) is 4.13. The van der Waals surface area contributed by atoms with Gasteiger partial charge in [0.05, 0.1) is 19.0 Å². The Morgan fingerprint density at radius 3 is 2.42 bits per heavy atom. The molecule has 2 aromatic rings. The molecule has 0 saturated carbocycles. The zero-order valence-electron chi connectivity index (χ0n) is 15.9. The van der Waals surface area contributed by atoms with Gasteiger partial charge in [-0.2, -0.15) is 0 Å². The summed E-state index contributed by atoms with van der Waals surface area (Å²) in [5.74, 6) is 1.38. The van der Waals surface area contributed by atoms with Crippen molar-refractivity contribution in [1.29, 1.82) is 0 Å². The van der Waals surface area contributed by atoms with E-state index in [9.17, 15) is 4.79 Å². The second-order valence-electron chi connectivity index (χ2n) is 6.61. The number of aromatic nitrogens is 3. The maximum atomic E-state index is 12.8. The van der Waals surface area contributed by atoms with E-state index in [2.05, 4.69) is 45.6 Å². The SMILES string of the molecule is CCn1c(SCC(=O)c2c(C)cc(C)cc2C)nnc1N1CCOCC1. The average Bonchev–Trinajstić information content (AvgIpc) is 3.02. The van der Waals surface area contributed by atoms with Crippen LogP contribution < -0.4 is 4.90 Å². The van der Waals surface area contributed by atoms with E-state index in [0.717, 1.165) is 47.4 Å². The van der Waals surface area contributed by atoms with Gasteiger partial charge in [0.15, 0.2) is 10.9 Å².